The fraction of sp³-hybridized carbons (Fsp3) is 0.533. The maximum absolute atomic E-state index is 8.94. The Balaban J connectivity index is 2.04. The molecule has 96 valence electrons. The number of nitrogens with one attached hydrogen (secondary N) is 1. The molecule has 1 fully saturated rings. The fourth-order valence-corrected chi connectivity index (χ4v) is 2.59. The van der Waals surface area contributed by atoms with Gasteiger partial charge < -0.3 is 10.1 Å². The normalized spacial score (nSPS) is 17.4. The van der Waals surface area contributed by atoms with Crippen LogP contribution in [0.4, 0.5) is 0 Å². The van der Waals surface area contributed by atoms with Crippen molar-refractivity contribution in [1.82, 2.24) is 5.32 Å². The van der Waals surface area contributed by atoms with E-state index in [2.05, 4.69) is 18.3 Å². The van der Waals surface area contributed by atoms with Crippen LogP contribution in [0.1, 0.15) is 43.7 Å². The number of benzene rings is 1. The zero-order chi connectivity index (χ0) is 13.0. The first-order valence-corrected chi connectivity index (χ1v) is 6.49. The highest BCUT2D eigenvalue weighted by molar-refractivity contribution is 5.45. The largest absolute Gasteiger partial charge is 0.495 e. The molecule has 0 bridgehead atoms. The van der Waals surface area contributed by atoms with E-state index in [1.807, 2.05) is 18.2 Å². The molecule has 1 aromatic rings. The number of hydrogen-bond acceptors (Lipinski definition) is 3. The van der Waals surface area contributed by atoms with E-state index in [1.54, 1.807) is 7.11 Å². The summed E-state index contributed by atoms with van der Waals surface area (Å²) in [5.41, 5.74) is 2.04. The van der Waals surface area contributed by atoms with Crippen LogP contribution in [0, 0.1) is 11.3 Å². The Morgan fingerprint density at radius 3 is 2.72 bits per heavy atom. The fourth-order valence-electron chi connectivity index (χ4n) is 2.59. The van der Waals surface area contributed by atoms with Gasteiger partial charge in [0.2, 0.25) is 0 Å². The van der Waals surface area contributed by atoms with E-state index >= 15 is 0 Å². The third-order valence-electron chi connectivity index (χ3n) is 3.81. The first kappa shape index (κ1) is 12.9. The van der Waals surface area contributed by atoms with Gasteiger partial charge in [-0.1, -0.05) is 18.9 Å². The molecule has 0 unspecified atom stereocenters. The quantitative estimate of drug-likeness (QED) is 0.885. The number of nitrogens with zero attached hydrogens (tertiary/aromatic N) is 1. The molecule has 0 aliphatic heterocycles. The Bertz CT molecular complexity index is 456. The summed E-state index contributed by atoms with van der Waals surface area (Å²) >= 11 is 0. The van der Waals surface area contributed by atoms with Crippen molar-refractivity contribution in [1.29, 1.82) is 5.26 Å². The molecule has 1 aliphatic rings. The zero-order valence-corrected chi connectivity index (χ0v) is 11.1. The topological polar surface area (TPSA) is 45.0 Å². The van der Waals surface area contributed by atoms with E-state index < -0.39 is 0 Å². The molecule has 0 amide bonds. The van der Waals surface area contributed by atoms with Crippen LogP contribution in [0.2, 0.25) is 0 Å². The number of rotatable bonds is 4. The molecular weight excluding hydrogens is 224 g/mol. The molecule has 1 N–H and O–H groups in total. The van der Waals surface area contributed by atoms with Gasteiger partial charge in [0.05, 0.1) is 12.7 Å². The van der Waals surface area contributed by atoms with E-state index in [-0.39, 0.29) is 5.54 Å². The summed E-state index contributed by atoms with van der Waals surface area (Å²) in [6.07, 6.45) is 5.14. The predicted molar refractivity (Wildman–Crippen MR) is 71.4 cm³/mol. The van der Waals surface area contributed by atoms with Gasteiger partial charge in [0.25, 0.3) is 0 Å². The molecule has 3 nitrogen and oxygen atoms in total. The molecule has 3 heteroatoms. The SMILES string of the molecule is COc1cc(CNC2(C)CCCC2)ccc1C#N. The minimum Gasteiger partial charge on any atom is -0.495 e. The lowest BCUT2D eigenvalue weighted by atomic mass is 10.00. The highest BCUT2D eigenvalue weighted by Crippen LogP contribution is 2.29. The average Bonchev–Trinajstić information content (AvgIpc) is 2.83. The van der Waals surface area contributed by atoms with E-state index in [1.165, 1.54) is 31.2 Å². The van der Waals surface area contributed by atoms with Crippen molar-refractivity contribution in [3.05, 3.63) is 29.3 Å². The number of ether oxygens (including phenoxy) is 1. The van der Waals surface area contributed by atoms with Crippen molar-refractivity contribution >= 4 is 0 Å². The second kappa shape index (κ2) is 5.41. The summed E-state index contributed by atoms with van der Waals surface area (Å²) in [5, 5.41) is 12.6. The molecule has 18 heavy (non-hydrogen) atoms. The lowest BCUT2D eigenvalue weighted by Crippen LogP contribution is -2.38. The minimum absolute atomic E-state index is 0.279. The lowest BCUT2D eigenvalue weighted by Gasteiger charge is -2.25. The molecular formula is C15H20N2O. The van der Waals surface area contributed by atoms with Gasteiger partial charge in [-0.3, -0.25) is 0 Å². The van der Waals surface area contributed by atoms with Crippen LogP contribution in [0.3, 0.4) is 0 Å². The van der Waals surface area contributed by atoms with Crippen LogP contribution in [-0.2, 0) is 6.54 Å². The van der Waals surface area contributed by atoms with Crippen molar-refractivity contribution in [2.45, 2.75) is 44.7 Å². The molecule has 0 saturated heterocycles. The van der Waals surface area contributed by atoms with Crippen LogP contribution < -0.4 is 10.1 Å². The third-order valence-corrected chi connectivity index (χ3v) is 3.81. The van der Waals surface area contributed by atoms with Gasteiger partial charge in [-0.2, -0.15) is 5.26 Å². The van der Waals surface area contributed by atoms with Gasteiger partial charge in [-0.05, 0) is 37.5 Å². The van der Waals surface area contributed by atoms with Gasteiger partial charge in [0, 0.05) is 12.1 Å². The summed E-state index contributed by atoms with van der Waals surface area (Å²) in [6, 6.07) is 7.90. The van der Waals surface area contributed by atoms with Crippen LogP contribution in [-0.4, -0.2) is 12.6 Å². The monoisotopic (exact) mass is 244 g/mol. The minimum atomic E-state index is 0.279. The van der Waals surface area contributed by atoms with Crippen molar-refractivity contribution in [3.63, 3.8) is 0 Å². The maximum Gasteiger partial charge on any atom is 0.136 e. The number of methoxy groups -OCH3 is 1. The van der Waals surface area contributed by atoms with Gasteiger partial charge in [-0.15, -0.1) is 0 Å². The van der Waals surface area contributed by atoms with Crippen molar-refractivity contribution < 1.29 is 4.74 Å². The molecule has 0 radical (unpaired) electrons. The first-order valence-electron chi connectivity index (χ1n) is 6.49. The summed E-state index contributed by atoms with van der Waals surface area (Å²) < 4.78 is 5.22. The van der Waals surface area contributed by atoms with Crippen molar-refractivity contribution in [2.24, 2.45) is 0 Å². The van der Waals surface area contributed by atoms with Gasteiger partial charge in [0.1, 0.15) is 11.8 Å². The number of hydrogen-bond donors (Lipinski definition) is 1. The molecule has 1 aliphatic carbocycles. The Morgan fingerprint density at radius 2 is 2.11 bits per heavy atom. The Morgan fingerprint density at radius 1 is 1.39 bits per heavy atom. The Hall–Kier alpha value is -1.53. The highest BCUT2D eigenvalue weighted by atomic mass is 16.5. The lowest BCUT2D eigenvalue weighted by molar-refractivity contribution is 0.362. The smallest absolute Gasteiger partial charge is 0.136 e. The third kappa shape index (κ3) is 2.83. The molecule has 0 spiro atoms. The van der Waals surface area contributed by atoms with Gasteiger partial charge in [0.15, 0.2) is 0 Å². The van der Waals surface area contributed by atoms with Gasteiger partial charge >= 0.3 is 0 Å². The van der Waals surface area contributed by atoms with Gasteiger partial charge in [-0.25, -0.2) is 0 Å². The second-order valence-electron chi connectivity index (χ2n) is 5.27. The molecule has 0 heterocycles. The molecule has 1 saturated carbocycles. The van der Waals surface area contributed by atoms with Crippen molar-refractivity contribution in [3.8, 4) is 11.8 Å². The standard InChI is InChI=1S/C15H20N2O/c1-15(7-3-4-8-15)17-11-12-5-6-13(10-16)14(9-12)18-2/h5-6,9,17H,3-4,7-8,11H2,1-2H3. The van der Waals surface area contributed by atoms with E-state index in [9.17, 15) is 0 Å². The van der Waals surface area contributed by atoms with E-state index in [0.29, 0.717) is 11.3 Å². The van der Waals surface area contributed by atoms with Crippen LogP contribution in [0.25, 0.3) is 0 Å². The second-order valence-corrected chi connectivity index (χ2v) is 5.27. The predicted octanol–water partition coefficient (Wildman–Crippen LogP) is 2.99. The molecule has 0 aromatic heterocycles. The molecule has 1 aromatic carbocycles. The zero-order valence-electron chi connectivity index (χ0n) is 11.1. The average molecular weight is 244 g/mol. The number of nitriles is 1. The highest BCUT2D eigenvalue weighted by Gasteiger charge is 2.27. The van der Waals surface area contributed by atoms with Crippen LogP contribution >= 0.6 is 0 Å². The Kier molecular flexibility index (Phi) is 3.88. The summed E-state index contributed by atoms with van der Waals surface area (Å²) in [4.78, 5) is 0. The van der Waals surface area contributed by atoms with Crippen LogP contribution in [0.5, 0.6) is 5.75 Å². The molecule has 2 rings (SSSR count). The summed E-state index contributed by atoms with van der Waals surface area (Å²) in [6.45, 7) is 3.12. The van der Waals surface area contributed by atoms with E-state index in [0.717, 1.165) is 6.54 Å². The summed E-state index contributed by atoms with van der Waals surface area (Å²) in [7, 11) is 1.60. The summed E-state index contributed by atoms with van der Waals surface area (Å²) in [5.74, 6) is 0.661. The molecule has 0 atom stereocenters. The van der Waals surface area contributed by atoms with E-state index in [4.69, 9.17) is 10.00 Å². The Labute approximate surface area is 109 Å². The first-order chi connectivity index (χ1) is 8.67. The van der Waals surface area contributed by atoms with Crippen molar-refractivity contribution in [2.75, 3.05) is 7.11 Å². The van der Waals surface area contributed by atoms with Crippen LogP contribution in [0.15, 0.2) is 18.2 Å². The maximum atomic E-state index is 8.94.